The van der Waals surface area contributed by atoms with E-state index in [0.717, 1.165) is 11.3 Å². The average Bonchev–Trinajstić information content (AvgIpc) is 2.74. The maximum atomic E-state index is 14.1. The minimum absolute atomic E-state index is 0.0661. The van der Waals surface area contributed by atoms with Gasteiger partial charge in [-0.15, -0.1) is 0 Å². The molecule has 0 radical (unpaired) electrons. The lowest BCUT2D eigenvalue weighted by molar-refractivity contribution is 0.102. The summed E-state index contributed by atoms with van der Waals surface area (Å²) in [5.74, 6) is 0.448. The van der Waals surface area contributed by atoms with Gasteiger partial charge in [-0.05, 0) is 66.4 Å². The lowest BCUT2D eigenvalue weighted by Gasteiger charge is -2.19. The molecule has 0 unspecified atom stereocenters. The summed E-state index contributed by atoms with van der Waals surface area (Å²) in [5, 5.41) is 2.61. The molecule has 0 saturated carbocycles. The van der Waals surface area contributed by atoms with Gasteiger partial charge in [0, 0.05) is 15.6 Å². The molecule has 0 bridgehead atoms. The molecule has 4 nitrogen and oxygen atoms in total. The summed E-state index contributed by atoms with van der Waals surface area (Å²) in [6.45, 7) is 9.10. The number of rotatable bonds is 7. The standard InChI is InChI=1S/C26H27BrFNO3/c1-5-31-24-13-6-17(25(30)29-23-12-9-20(27)15-22(23)28)14-18(24)16-32-21-10-7-19(8-11-21)26(2,3)4/h6-15H,5,16H2,1-4H3,(H,29,30). The van der Waals surface area contributed by atoms with Crippen molar-refractivity contribution in [1.29, 1.82) is 0 Å². The smallest absolute Gasteiger partial charge is 0.255 e. The Balaban J connectivity index is 1.77. The molecule has 168 valence electrons. The first-order chi connectivity index (χ1) is 15.2. The van der Waals surface area contributed by atoms with Crippen molar-refractivity contribution < 1.29 is 18.7 Å². The van der Waals surface area contributed by atoms with Gasteiger partial charge in [-0.2, -0.15) is 0 Å². The number of ether oxygens (including phenoxy) is 2. The first-order valence-corrected chi connectivity index (χ1v) is 11.2. The molecule has 0 aromatic heterocycles. The van der Waals surface area contributed by atoms with Crippen LogP contribution in [0.4, 0.5) is 10.1 Å². The quantitative estimate of drug-likeness (QED) is 0.376. The molecule has 0 aliphatic carbocycles. The summed E-state index contributed by atoms with van der Waals surface area (Å²) in [7, 11) is 0. The van der Waals surface area contributed by atoms with Gasteiger partial charge in [-0.1, -0.05) is 48.8 Å². The number of nitrogens with one attached hydrogen (secondary N) is 1. The van der Waals surface area contributed by atoms with Crippen LogP contribution in [-0.4, -0.2) is 12.5 Å². The summed E-state index contributed by atoms with van der Waals surface area (Å²) >= 11 is 3.21. The zero-order chi connectivity index (χ0) is 23.3. The van der Waals surface area contributed by atoms with E-state index in [1.165, 1.54) is 17.7 Å². The Morgan fingerprint density at radius 1 is 1.00 bits per heavy atom. The fourth-order valence-electron chi connectivity index (χ4n) is 3.13. The van der Waals surface area contributed by atoms with Gasteiger partial charge in [0.25, 0.3) is 5.91 Å². The van der Waals surface area contributed by atoms with Crippen molar-refractivity contribution in [3.8, 4) is 11.5 Å². The van der Waals surface area contributed by atoms with Crippen LogP contribution in [-0.2, 0) is 12.0 Å². The largest absolute Gasteiger partial charge is 0.493 e. The maximum absolute atomic E-state index is 14.1. The lowest BCUT2D eigenvalue weighted by Crippen LogP contribution is -2.14. The van der Waals surface area contributed by atoms with Crippen LogP contribution in [0, 0.1) is 5.82 Å². The van der Waals surface area contributed by atoms with E-state index in [9.17, 15) is 9.18 Å². The molecule has 0 atom stereocenters. The second-order valence-electron chi connectivity index (χ2n) is 8.40. The van der Waals surface area contributed by atoms with Gasteiger partial charge in [0.2, 0.25) is 0 Å². The van der Waals surface area contributed by atoms with Gasteiger partial charge in [0.05, 0.1) is 12.3 Å². The fourth-order valence-corrected chi connectivity index (χ4v) is 3.46. The van der Waals surface area contributed by atoms with Crippen molar-refractivity contribution in [3.63, 3.8) is 0 Å². The first kappa shape index (κ1) is 23.8. The number of benzene rings is 3. The van der Waals surface area contributed by atoms with Crippen molar-refractivity contribution in [2.24, 2.45) is 0 Å². The van der Waals surface area contributed by atoms with Crippen LogP contribution in [0.15, 0.2) is 65.1 Å². The maximum Gasteiger partial charge on any atom is 0.255 e. The van der Waals surface area contributed by atoms with Crippen molar-refractivity contribution in [2.45, 2.75) is 39.7 Å². The van der Waals surface area contributed by atoms with Crippen LogP contribution in [0.2, 0.25) is 0 Å². The van der Waals surface area contributed by atoms with Gasteiger partial charge < -0.3 is 14.8 Å². The highest BCUT2D eigenvalue weighted by atomic mass is 79.9. The van der Waals surface area contributed by atoms with Crippen LogP contribution in [0.3, 0.4) is 0 Å². The Bertz CT molecular complexity index is 1090. The number of halogens is 2. The van der Waals surface area contributed by atoms with E-state index in [4.69, 9.17) is 9.47 Å². The number of amides is 1. The summed E-state index contributed by atoms with van der Waals surface area (Å²) < 4.78 is 26.3. The molecule has 3 rings (SSSR count). The predicted molar refractivity (Wildman–Crippen MR) is 129 cm³/mol. The molecule has 0 spiro atoms. The van der Waals surface area contributed by atoms with Crippen molar-refractivity contribution in [3.05, 3.63) is 87.6 Å². The lowest BCUT2D eigenvalue weighted by atomic mass is 9.87. The fraction of sp³-hybridized carbons (Fsp3) is 0.269. The molecule has 3 aromatic carbocycles. The van der Waals surface area contributed by atoms with Crippen LogP contribution in [0.1, 0.15) is 49.2 Å². The molecular formula is C26H27BrFNO3. The Hall–Kier alpha value is -2.86. The topological polar surface area (TPSA) is 47.6 Å². The Labute approximate surface area is 196 Å². The first-order valence-electron chi connectivity index (χ1n) is 10.4. The minimum atomic E-state index is -0.513. The van der Waals surface area contributed by atoms with Crippen LogP contribution in [0.5, 0.6) is 11.5 Å². The second kappa shape index (κ2) is 10.2. The van der Waals surface area contributed by atoms with Gasteiger partial charge in [0.15, 0.2) is 0 Å². The third-order valence-corrected chi connectivity index (χ3v) is 5.41. The van der Waals surface area contributed by atoms with Gasteiger partial charge in [-0.3, -0.25) is 4.79 Å². The summed E-state index contributed by atoms with van der Waals surface area (Å²) in [4.78, 5) is 12.7. The molecule has 1 N–H and O–H groups in total. The van der Waals surface area contributed by atoms with Gasteiger partial charge in [-0.25, -0.2) is 4.39 Å². The van der Waals surface area contributed by atoms with Gasteiger partial charge in [0.1, 0.15) is 23.9 Å². The highest BCUT2D eigenvalue weighted by molar-refractivity contribution is 9.10. The SMILES string of the molecule is CCOc1ccc(C(=O)Nc2ccc(Br)cc2F)cc1COc1ccc(C(C)(C)C)cc1. The number of carbonyl (C=O) groups is 1. The molecule has 6 heteroatoms. The van der Waals surface area contributed by atoms with E-state index < -0.39 is 11.7 Å². The highest BCUT2D eigenvalue weighted by Gasteiger charge is 2.15. The molecule has 0 aliphatic heterocycles. The second-order valence-corrected chi connectivity index (χ2v) is 9.31. The number of hydrogen-bond acceptors (Lipinski definition) is 3. The normalized spacial score (nSPS) is 11.2. The Morgan fingerprint density at radius 3 is 2.34 bits per heavy atom. The van der Waals surface area contributed by atoms with Crippen molar-refractivity contribution in [1.82, 2.24) is 0 Å². The van der Waals surface area contributed by atoms with Gasteiger partial charge >= 0.3 is 0 Å². The number of carbonyl (C=O) groups excluding carboxylic acids is 1. The molecule has 3 aromatic rings. The molecule has 1 amide bonds. The van der Waals surface area contributed by atoms with E-state index >= 15 is 0 Å². The molecule has 0 aliphatic rings. The molecule has 0 heterocycles. The van der Waals surface area contributed by atoms with E-state index in [0.29, 0.717) is 22.4 Å². The summed E-state index contributed by atoms with van der Waals surface area (Å²) in [6, 6.07) is 17.6. The Morgan fingerprint density at radius 2 is 1.72 bits per heavy atom. The third-order valence-electron chi connectivity index (χ3n) is 4.92. The van der Waals surface area contributed by atoms with E-state index in [1.807, 2.05) is 19.1 Å². The third kappa shape index (κ3) is 6.10. The monoisotopic (exact) mass is 499 g/mol. The molecule has 0 saturated heterocycles. The van der Waals surface area contributed by atoms with E-state index in [1.54, 1.807) is 24.3 Å². The number of hydrogen-bond donors (Lipinski definition) is 1. The summed E-state index contributed by atoms with van der Waals surface area (Å²) in [6.07, 6.45) is 0. The Kier molecular flexibility index (Phi) is 7.56. The highest BCUT2D eigenvalue weighted by Crippen LogP contribution is 2.27. The van der Waals surface area contributed by atoms with E-state index in [-0.39, 0.29) is 17.7 Å². The predicted octanol–water partition coefficient (Wildman–Crippen LogP) is 7.12. The van der Waals surface area contributed by atoms with Crippen LogP contribution >= 0.6 is 15.9 Å². The summed E-state index contributed by atoms with van der Waals surface area (Å²) in [5.41, 5.74) is 2.52. The molecule has 32 heavy (non-hydrogen) atoms. The van der Waals surface area contributed by atoms with E-state index in [2.05, 4.69) is 54.2 Å². The molecule has 0 fully saturated rings. The average molecular weight is 500 g/mol. The number of anilines is 1. The zero-order valence-electron chi connectivity index (χ0n) is 18.7. The van der Waals surface area contributed by atoms with Crippen molar-refractivity contribution in [2.75, 3.05) is 11.9 Å². The van der Waals surface area contributed by atoms with Crippen LogP contribution in [0.25, 0.3) is 0 Å². The van der Waals surface area contributed by atoms with Crippen LogP contribution < -0.4 is 14.8 Å². The minimum Gasteiger partial charge on any atom is -0.493 e. The zero-order valence-corrected chi connectivity index (χ0v) is 20.3. The van der Waals surface area contributed by atoms with Crippen molar-refractivity contribution >= 4 is 27.5 Å². The molecular weight excluding hydrogens is 473 g/mol.